The predicted octanol–water partition coefficient (Wildman–Crippen LogP) is 0.925. The van der Waals surface area contributed by atoms with Crippen molar-refractivity contribution in [3.8, 4) is 5.75 Å². The third-order valence-corrected chi connectivity index (χ3v) is 3.44. The fourth-order valence-corrected chi connectivity index (χ4v) is 2.14. The summed E-state index contributed by atoms with van der Waals surface area (Å²) in [6.07, 6.45) is 0.947. The Kier molecular flexibility index (Phi) is 10.9. The molecule has 0 aliphatic rings. The average molecular weight is 474 g/mol. The van der Waals surface area contributed by atoms with Crippen molar-refractivity contribution in [2.45, 2.75) is 13.0 Å². The Bertz CT molecular complexity index is 611. The van der Waals surface area contributed by atoms with E-state index in [1.165, 1.54) is 12.1 Å². The maximum absolute atomic E-state index is 12.8. The molecule has 0 aliphatic carbocycles. The van der Waals surface area contributed by atoms with Crippen molar-refractivity contribution in [1.29, 1.82) is 0 Å². The van der Waals surface area contributed by atoms with Crippen LogP contribution in [0.5, 0.6) is 5.75 Å². The molecule has 0 saturated carbocycles. The Hall–Kier alpha value is -1.14. The summed E-state index contributed by atoms with van der Waals surface area (Å²) in [5, 5.41) is 6.04. The highest BCUT2D eigenvalue weighted by atomic mass is 127. The largest absolute Gasteiger partial charge is 0.489 e. The van der Waals surface area contributed by atoms with Gasteiger partial charge in [0.2, 0.25) is 10.0 Å². The lowest BCUT2D eigenvalue weighted by molar-refractivity contribution is 0.223. The van der Waals surface area contributed by atoms with Gasteiger partial charge in [-0.3, -0.25) is 4.99 Å². The highest BCUT2D eigenvalue weighted by Gasteiger charge is 2.06. The molecular formula is C14H24FIN4O3S. The van der Waals surface area contributed by atoms with Gasteiger partial charge in [-0.1, -0.05) is 0 Å². The van der Waals surface area contributed by atoms with Gasteiger partial charge in [0.15, 0.2) is 5.96 Å². The minimum Gasteiger partial charge on any atom is -0.489 e. The molecule has 1 atom stereocenters. The van der Waals surface area contributed by atoms with Gasteiger partial charge >= 0.3 is 0 Å². The first-order valence-corrected chi connectivity index (χ1v) is 9.00. The molecule has 24 heavy (non-hydrogen) atoms. The van der Waals surface area contributed by atoms with Gasteiger partial charge in [0.1, 0.15) is 17.7 Å². The Labute approximate surface area is 159 Å². The number of ether oxygens (including phenoxy) is 1. The van der Waals surface area contributed by atoms with Crippen molar-refractivity contribution in [2.75, 3.05) is 32.9 Å². The molecule has 1 aromatic rings. The van der Waals surface area contributed by atoms with Crippen LogP contribution in [0.25, 0.3) is 0 Å². The van der Waals surface area contributed by atoms with E-state index in [1.807, 2.05) is 6.92 Å². The molecule has 1 aromatic carbocycles. The van der Waals surface area contributed by atoms with Gasteiger partial charge in [0.25, 0.3) is 0 Å². The maximum atomic E-state index is 12.8. The molecule has 1 unspecified atom stereocenters. The quantitative estimate of drug-likeness (QED) is 0.226. The zero-order valence-corrected chi connectivity index (χ0v) is 17.0. The number of guanidine groups is 1. The van der Waals surface area contributed by atoms with Crippen molar-refractivity contribution < 1.29 is 17.5 Å². The molecule has 0 fully saturated rings. The second-order valence-corrected chi connectivity index (χ2v) is 6.76. The summed E-state index contributed by atoms with van der Waals surface area (Å²) in [5.41, 5.74) is 0. The summed E-state index contributed by atoms with van der Waals surface area (Å²) in [6.45, 7) is 3.02. The number of aliphatic imine (C=N–C) groups is 1. The third kappa shape index (κ3) is 10.6. The van der Waals surface area contributed by atoms with Crippen LogP contribution >= 0.6 is 24.0 Å². The number of benzene rings is 1. The van der Waals surface area contributed by atoms with E-state index in [4.69, 9.17) is 4.74 Å². The summed E-state index contributed by atoms with van der Waals surface area (Å²) in [6, 6.07) is 5.81. The van der Waals surface area contributed by atoms with Crippen LogP contribution in [0.4, 0.5) is 4.39 Å². The molecule has 0 heterocycles. The summed E-state index contributed by atoms with van der Waals surface area (Å²) < 4.78 is 42.7. The van der Waals surface area contributed by atoms with Crippen LogP contribution in [-0.2, 0) is 10.0 Å². The number of hydrogen-bond acceptors (Lipinski definition) is 4. The molecular weight excluding hydrogens is 450 g/mol. The number of rotatable bonds is 8. The van der Waals surface area contributed by atoms with Crippen LogP contribution < -0.4 is 20.1 Å². The SMILES string of the molecule is CN=C(NCCNS(C)(=O)=O)NCC(C)Oc1ccc(F)cc1.I. The maximum Gasteiger partial charge on any atom is 0.208 e. The van der Waals surface area contributed by atoms with E-state index in [1.54, 1.807) is 19.2 Å². The Morgan fingerprint density at radius 3 is 2.42 bits per heavy atom. The van der Waals surface area contributed by atoms with Gasteiger partial charge in [-0.15, -0.1) is 24.0 Å². The van der Waals surface area contributed by atoms with E-state index in [9.17, 15) is 12.8 Å². The normalized spacial score (nSPS) is 12.9. The second-order valence-electron chi connectivity index (χ2n) is 4.93. The van der Waals surface area contributed by atoms with Crippen LogP contribution in [0.1, 0.15) is 6.92 Å². The van der Waals surface area contributed by atoms with Gasteiger partial charge < -0.3 is 15.4 Å². The van der Waals surface area contributed by atoms with Crippen LogP contribution in [0, 0.1) is 5.82 Å². The number of nitrogens with one attached hydrogen (secondary N) is 3. The minimum absolute atomic E-state index is 0. The van der Waals surface area contributed by atoms with E-state index in [0.29, 0.717) is 24.8 Å². The molecule has 138 valence electrons. The van der Waals surface area contributed by atoms with E-state index >= 15 is 0 Å². The molecule has 0 saturated heterocycles. The molecule has 0 bridgehead atoms. The van der Waals surface area contributed by atoms with Gasteiger partial charge in [-0.25, -0.2) is 17.5 Å². The predicted molar refractivity (Wildman–Crippen MR) is 104 cm³/mol. The molecule has 0 aromatic heterocycles. The molecule has 0 spiro atoms. The van der Waals surface area contributed by atoms with Crippen LogP contribution in [0.15, 0.2) is 29.3 Å². The Morgan fingerprint density at radius 1 is 1.25 bits per heavy atom. The van der Waals surface area contributed by atoms with Gasteiger partial charge in [0.05, 0.1) is 12.8 Å². The molecule has 3 N–H and O–H groups in total. The summed E-state index contributed by atoms with van der Waals surface area (Å²) in [7, 11) is -1.57. The number of halogens is 2. The van der Waals surface area contributed by atoms with Crippen molar-refractivity contribution >= 4 is 40.0 Å². The van der Waals surface area contributed by atoms with E-state index < -0.39 is 10.0 Å². The van der Waals surface area contributed by atoms with Crippen LogP contribution in [0.2, 0.25) is 0 Å². The second kappa shape index (κ2) is 11.4. The fourth-order valence-electron chi connectivity index (χ4n) is 1.67. The third-order valence-electron chi connectivity index (χ3n) is 2.71. The zero-order valence-electron chi connectivity index (χ0n) is 13.9. The van der Waals surface area contributed by atoms with Gasteiger partial charge in [0, 0.05) is 20.1 Å². The Morgan fingerprint density at radius 2 is 1.88 bits per heavy atom. The van der Waals surface area contributed by atoms with Crippen molar-refractivity contribution in [3.05, 3.63) is 30.1 Å². The van der Waals surface area contributed by atoms with Crippen LogP contribution in [0.3, 0.4) is 0 Å². The van der Waals surface area contributed by atoms with E-state index in [2.05, 4.69) is 20.3 Å². The van der Waals surface area contributed by atoms with Crippen LogP contribution in [-0.4, -0.2) is 53.4 Å². The highest BCUT2D eigenvalue weighted by Crippen LogP contribution is 2.12. The smallest absolute Gasteiger partial charge is 0.208 e. The van der Waals surface area contributed by atoms with E-state index in [0.717, 1.165) is 6.26 Å². The van der Waals surface area contributed by atoms with Crippen molar-refractivity contribution in [2.24, 2.45) is 4.99 Å². The van der Waals surface area contributed by atoms with E-state index in [-0.39, 0.29) is 42.4 Å². The first-order chi connectivity index (χ1) is 10.8. The fraction of sp³-hybridized carbons (Fsp3) is 0.500. The lowest BCUT2D eigenvalue weighted by Gasteiger charge is -2.17. The minimum atomic E-state index is -3.19. The topological polar surface area (TPSA) is 91.8 Å². The molecule has 0 radical (unpaired) electrons. The summed E-state index contributed by atoms with van der Waals surface area (Å²) in [4.78, 5) is 4.02. The standard InChI is InChI=1S/C14H23FN4O3S.HI/c1-11(22-13-6-4-12(15)5-7-13)10-18-14(16-2)17-8-9-19-23(3,20)21;/h4-7,11,19H,8-10H2,1-3H3,(H2,16,17,18);1H. The zero-order chi connectivity index (χ0) is 17.3. The number of sulfonamides is 1. The number of hydrogen-bond donors (Lipinski definition) is 3. The average Bonchev–Trinajstić information content (AvgIpc) is 2.48. The Balaban J connectivity index is 0.00000529. The highest BCUT2D eigenvalue weighted by molar-refractivity contribution is 14.0. The van der Waals surface area contributed by atoms with Gasteiger partial charge in [-0.2, -0.15) is 0 Å². The monoisotopic (exact) mass is 474 g/mol. The van der Waals surface area contributed by atoms with Crippen molar-refractivity contribution in [3.63, 3.8) is 0 Å². The lowest BCUT2D eigenvalue weighted by atomic mass is 10.3. The summed E-state index contributed by atoms with van der Waals surface area (Å²) >= 11 is 0. The first kappa shape index (κ1) is 22.9. The molecule has 0 aliphatic heterocycles. The molecule has 0 amide bonds. The summed E-state index contributed by atoms with van der Waals surface area (Å²) in [5.74, 6) is 0.811. The molecule has 1 rings (SSSR count). The van der Waals surface area contributed by atoms with Crippen molar-refractivity contribution in [1.82, 2.24) is 15.4 Å². The molecule has 7 nitrogen and oxygen atoms in total. The lowest BCUT2D eigenvalue weighted by Crippen LogP contribution is -2.44. The van der Waals surface area contributed by atoms with Gasteiger partial charge in [-0.05, 0) is 31.2 Å². The first-order valence-electron chi connectivity index (χ1n) is 7.11. The number of nitrogens with zero attached hydrogens (tertiary/aromatic N) is 1. The molecule has 10 heteroatoms.